The van der Waals surface area contributed by atoms with Crippen molar-refractivity contribution in [1.82, 2.24) is 0 Å². The van der Waals surface area contributed by atoms with Crippen LogP contribution in [0, 0.1) is 0 Å². The molecule has 12 heavy (non-hydrogen) atoms. The molecule has 1 fully saturated rings. The van der Waals surface area contributed by atoms with E-state index in [0.29, 0.717) is 6.61 Å². The molecular weight excluding hydrogens is 194 g/mol. The number of nitrogens with two attached hydrogens (primary N) is 1. The van der Waals surface area contributed by atoms with Gasteiger partial charge in [-0.2, -0.15) is 0 Å². The van der Waals surface area contributed by atoms with E-state index in [-0.39, 0.29) is 5.41 Å². The highest BCUT2D eigenvalue weighted by atomic mass is 35.5. The summed E-state index contributed by atoms with van der Waals surface area (Å²) in [6, 6.07) is 2.01. The van der Waals surface area contributed by atoms with Gasteiger partial charge in [0.05, 0.1) is 11.6 Å². The highest BCUT2D eigenvalue weighted by molar-refractivity contribution is 7.10. The molecule has 0 aliphatic heterocycles. The van der Waals surface area contributed by atoms with E-state index in [1.165, 1.54) is 17.7 Å². The third-order valence-corrected chi connectivity index (χ3v) is 3.83. The predicted octanol–water partition coefficient (Wildman–Crippen LogP) is 2.32. The molecule has 0 radical (unpaired) electrons. The molecule has 2 N–H and O–H groups in total. The lowest BCUT2D eigenvalue weighted by Gasteiger charge is -2.09. The molecule has 0 aromatic carbocycles. The standard InChI is InChI=1S/C8H10ClNOS/c9-6-3-7(12-4-6)8(1-2-8)5-11-10/h3-4H,1-2,5,10H2. The van der Waals surface area contributed by atoms with E-state index in [2.05, 4.69) is 0 Å². The van der Waals surface area contributed by atoms with Crippen LogP contribution >= 0.6 is 22.9 Å². The Morgan fingerprint density at radius 1 is 1.67 bits per heavy atom. The van der Waals surface area contributed by atoms with Gasteiger partial charge in [0.15, 0.2) is 0 Å². The van der Waals surface area contributed by atoms with Crippen molar-refractivity contribution < 1.29 is 4.84 Å². The lowest BCUT2D eigenvalue weighted by atomic mass is 10.1. The number of thiophene rings is 1. The van der Waals surface area contributed by atoms with Gasteiger partial charge in [0.1, 0.15) is 0 Å². The van der Waals surface area contributed by atoms with E-state index in [4.69, 9.17) is 22.3 Å². The van der Waals surface area contributed by atoms with Crippen molar-refractivity contribution in [3.05, 3.63) is 21.3 Å². The minimum Gasteiger partial charge on any atom is -0.304 e. The summed E-state index contributed by atoms with van der Waals surface area (Å²) in [5, 5.41) is 2.77. The first-order chi connectivity index (χ1) is 5.77. The molecule has 4 heteroatoms. The Bertz CT molecular complexity index is 282. The fourth-order valence-corrected chi connectivity index (χ4v) is 2.69. The minimum atomic E-state index is 0.201. The van der Waals surface area contributed by atoms with Crippen LogP contribution in [-0.2, 0) is 10.3 Å². The zero-order chi connectivity index (χ0) is 8.60. The normalized spacial score (nSPS) is 19.5. The van der Waals surface area contributed by atoms with Gasteiger partial charge in [0.25, 0.3) is 0 Å². The Hall–Kier alpha value is -0.0900. The fourth-order valence-electron chi connectivity index (χ4n) is 1.36. The summed E-state index contributed by atoms with van der Waals surface area (Å²) in [6.45, 7) is 0.615. The molecular formula is C8H10ClNOS. The predicted molar refractivity (Wildman–Crippen MR) is 50.4 cm³/mol. The molecule has 0 spiro atoms. The van der Waals surface area contributed by atoms with Crippen molar-refractivity contribution >= 4 is 22.9 Å². The van der Waals surface area contributed by atoms with Gasteiger partial charge in [0.2, 0.25) is 0 Å². The molecule has 0 bridgehead atoms. The molecule has 1 aliphatic carbocycles. The van der Waals surface area contributed by atoms with E-state index in [1.807, 2.05) is 11.4 Å². The van der Waals surface area contributed by atoms with Crippen molar-refractivity contribution in [2.45, 2.75) is 18.3 Å². The summed E-state index contributed by atoms with van der Waals surface area (Å²) in [7, 11) is 0. The lowest BCUT2D eigenvalue weighted by molar-refractivity contribution is 0.117. The Kier molecular flexibility index (Phi) is 2.12. The summed E-state index contributed by atoms with van der Waals surface area (Å²) in [6.07, 6.45) is 2.34. The van der Waals surface area contributed by atoms with E-state index in [9.17, 15) is 0 Å². The lowest BCUT2D eigenvalue weighted by Crippen LogP contribution is -2.16. The van der Waals surface area contributed by atoms with Crippen LogP contribution in [0.5, 0.6) is 0 Å². The first-order valence-electron chi connectivity index (χ1n) is 3.83. The van der Waals surface area contributed by atoms with Crippen LogP contribution in [-0.4, -0.2) is 6.61 Å². The van der Waals surface area contributed by atoms with Crippen LogP contribution in [0.2, 0.25) is 5.02 Å². The van der Waals surface area contributed by atoms with Crippen molar-refractivity contribution in [3.63, 3.8) is 0 Å². The van der Waals surface area contributed by atoms with Gasteiger partial charge in [-0.05, 0) is 18.9 Å². The minimum absolute atomic E-state index is 0.201. The van der Waals surface area contributed by atoms with E-state index < -0.39 is 0 Å². The van der Waals surface area contributed by atoms with Gasteiger partial charge in [-0.3, -0.25) is 0 Å². The SMILES string of the molecule is NOCC1(c2cc(Cl)cs2)CC1. The topological polar surface area (TPSA) is 35.2 Å². The van der Waals surface area contributed by atoms with E-state index >= 15 is 0 Å². The van der Waals surface area contributed by atoms with Crippen molar-refractivity contribution in [1.29, 1.82) is 0 Å². The van der Waals surface area contributed by atoms with Gasteiger partial charge in [-0.15, -0.1) is 11.3 Å². The molecule has 0 amide bonds. The molecule has 1 aliphatic rings. The molecule has 1 aromatic heterocycles. The van der Waals surface area contributed by atoms with Crippen LogP contribution in [0.3, 0.4) is 0 Å². The van der Waals surface area contributed by atoms with Gasteiger partial charge in [-0.25, -0.2) is 5.90 Å². The molecule has 0 atom stereocenters. The van der Waals surface area contributed by atoms with Crippen molar-refractivity contribution in [2.24, 2.45) is 5.90 Å². The Morgan fingerprint density at radius 2 is 2.42 bits per heavy atom. The first-order valence-corrected chi connectivity index (χ1v) is 5.09. The van der Waals surface area contributed by atoms with Gasteiger partial charge >= 0.3 is 0 Å². The van der Waals surface area contributed by atoms with Crippen LogP contribution < -0.4 is 5.90 Å². The number of halogens is 1. The van der Waals surface area contributed by atoms with Gasteiger partial charge < -0.3 is 4.84 Å². The molecule has 1 heterocycles. The second kappa shape index (κ2) is 3.00. The van der Waals surface area contributed by atoms with Crippen LogP contribution in [0.25, 0.3) is 0 Å². The molecule has 2 rings (SSSR count). The third-order valence-electron chi connectivity index (χ3n) is 2.30. The summed E-state index contributed by atoms with van der Waals surface area (Å²) in [5.41, 5.74) is 0.201. The molecule has 2 nitrogen and oxygen atoms in total. The Labute approximate surface area is 80.2 Å². The van der Waals surface area contributed by atoms with Crippen LogP contribution in [0.1, 0.15) is 17.7 Å². The largest absolute Gasteiger partial charge is 0.304 e. The highest BCUT2D eigenvalue weighted by Gasteiger charge is 2.45. The van der Waals surface area contributed by atoms with Crippen molar-refractivity contribution in [3.8, 4) is 0 Å². The summed E-state index contributed by atoms with van der Waals surface area (Å²) in [4.78, 5) is 6.00. The molecule has 66 valence electrons. The molecule has 0 unspecified atom stereocenters. The van der Waals surface area contributed by atoms with Crippen molar-refractivity contribution in [2.75, 3.05) is 6.61 Å². The summed E-state index contributed by atoms with van der Waals surface area (Å²) in [5.74, 6) is 5.07. The molecule has 0 saturated heterocycles. The molecule has 1 aromatic rings. The Morgan fingerprint density at radius 3 is 2.83 bits per heavy atom. The average molecular weight is 204 g/mol. The highest BCUT2D eigenvalue weighted by Crippen LogP contribution is 2.50. The zero-order valence-electron chi connectivity index (χ0n) is 6.55. The number of rotatable bonds is 3. The maximum atomic E-state index is 5.83. The maximum Gasteiger partial charge on any atom is 0.0783 e. The molecule has 1 saturated carbocycles. The second-order valence-corrected chi connectivity index (χ2v) is 4.57. The van der Waals surface area contributed by atoms with Crippen LogP contribution in [0.15, 0.2) is 11.4 Å². The van der Waals surface area contributed by atoms with E-state index in [1.54, 1.807) is 11.3 Å². The van der Waals surface area contributed by atoms with Gasteiger partial charge in [0, 0.05) is 15.7 Å². The smallest absolute Gasteiger partial charge is 0.0783 e. The average Bonchev–Trinajstić information content (AvgIpc) is 2.69. The monoisotopic (exact) mass is 203 g/mol. The van der Waals surface area contributed by atoms with Gasteiger partial charge in [-0.1, -0.05) is 11.6 Å². The second-order valence-electron chi connectivity index (χ2n) is 3.22. The zero-order valence-corrected chi connectivity index (χ0v) is 8.12. The summed E-state index contributed by atoms with van der Waals surface area (Å²) < 4.78 is 0. The number of hydrogen-bond donors (Lipinski definition) is 1. The summed E-state index contributed by atoms with van der Waals surface area (Å²) >= 11 is 7.52. The first kappa shape index (κ1) is 8.51. The Balaban J connectivity index is 2.18. The quantitative estimate of drug-likeness (QED) is 0.766. The van der Waals surface area contributed by atoms with E-state index in [0.717, 1.165) is 5.02 Å². The fraction of sp³-hybridized carbons (Fsp3) is 0.500. The number of hydrogen-bond acceptors (Lipinski definition) is 3. The third kappa shape index (κ3) is 1.38. The maximum absolute atomic E-state index is 5.83. The van der Waals surface area contributed by atoms with Crippen LogP contribution in [0.4, 0.5) is 0 Å².